The highest BCUT2D eigenvalue weighted by molar-refractivity contribution is 9.10. The summed E-state index contributed by atoms with van der Waals surface area (Å²) < 4.78 is 11.3. The highest BCUT2D eigenvalue weighted by Gasteiger charge is 2.07. The maximum absolute atomic E-state index is 5.65. The van der Waals surface area contributed by atoms with Crippen LogP contribution >= 0.6 is 15.9 Å². The Kier molecular flexibility index (Phi) is 4.33. The van der Waals surface area contributed by atoms with Crippen LogP contribution in [0.15, 0.2) is 27.3 Å². The average Bonchev–Trinajstić information content (AvgIpc) is 2.76. The highest BCUT2D eigenvalue weighted by atomic mass is 79.9. The molecule has 6 heteroatoms. The number of nitrogens with zero attached hydrogens (tertiary/aromatic N) is 2. The van der Waals surface area contributed by atoms with E-state index in [-0.39, 0.29) is 0 Å². The van der Waals surface area contributed by atoms with Gasteiger partial charge in [0.2, 0.25) is 0 Å². The SMILES string of the molecule is Cc1nonc1COc1ccc(Br)c(CCN)c1. The Hall–Kier alpha value is -1.40. The van der Waals surface area contributed by atoms with Gasteiger partial charge in [-0.2, -0.15) is 0 Å². The van der Waals surface area contributed by atoms with Crippen molar-refractivity contribution in [1.29, 1.82) is 0 Å². The van der Waals surface area contributed by atoms with Crippen molar-refractivity contribution in [1.82, 2.24) is 10.3 Å². The molecular formula is C12H14BrN3O2. The van der Waals surface area contributed by atoms with E-state index in [0.717, 1.165) is 27.9 Å². The first kappa shape index (κ1) is 13.0. The van der Waals surface area contributed by atoms with E-state index < -0.39 is 0 Å². The summed E-state index contributed by atoms with van der Waals surface area (Å²) in [7, 11) is 0. The fourth-order valence-electron chi connectivity index (χ4n) is 1.52. The summed E-state index contributed by atoms with van der Waals surface area (Å²) in [4.78, 5) is 0. The largest absolute Gasteiger partial charge is 0.487 e. The first-order valence-electron chi connectivity index (χ1n) is 5.60. The van der Waals surface area contributed by atoms with Gasteiger partial charge in [0.15, 0.2) is 0 Å². The molecule has 1 aromatic carbocycles. The zero-order valence-corrected chi connectivity index (χ0v) is 11.6. The van der Waals surface area contributed by atoms with Crippen LogP contribution in [0, 0.1) is 6.92 Å². The lowest BCUT2D eigenvalue weighted by Crippen LogP contribution is -2.04. The van der Waals surface area contributed by atoms with E-state index in [4.69, 9.17) is 10.5 Å². The molecule has 0 aliphatic heterocycles. The van der Waals surface area contributed by atoms with Crippen molar-refractivity contribution in [3.8, 4) is 5.75 Å². The standard InChI is InChI=1S/C12H14BrN3O2/c1-8-12(16-18-15-8)7-17-10-2-3-11(13)9(6-10)4-5-14/h2-3,6H,4-5,7,14H2,1H3. The van der Waals surface area contributed by atoms with Gasteiger partial charge < -0.3 is 10.5 Å². The second-order valence-electron chi connectivity index (χ2n) is 3.88. The van der Waals surface area contributed by atoms with Crippen LogP contribution in [-0.2, 0) is 13.0 Å². The molecule has 1 aromatic heterocycles. The number of aryl methyl sites for hydroxylation is 1. The molecule has 2 N–H and O–H groups in total. The Bertz CT molecular complexity index is 528. The number of rotatable bonds is 5. The predicted molar refractivity (Wildman–Crippen MR) is 70.3 cm³/mol. The number of nitrogens with two attached hydrogens (primary N) is 1. The zero-order chi connectivity index (χ0) is 13.0. The lowest BCUT2D eigenvalue weighted by atomic mass is 10.1. The van der Waals surface area contributed by atoms with Gasteiger partial charge in [-0.1, -0.05) is 26.2 Å². The minimum absolute atomic E-state index is 0.346. The van der Waals surface area contributed by atoms with Crippen LogP contribution in [0.4, 0.5) is 0 Å². The molecule has 1 heterocycles. The fraction of sp³-hybridized carbons (Fsp3) is 0.333. The molecule has 2 rings (SSSR count). The van der Waals surface area contributed by atoms with Crippen LogP contribution in [0.3, 0.4) is 0 Å². The summed E-state index contributed by atoms with van der Waals surface area (Å²) in [5.41, 5.74) is 8.14. The van der Waals surface area contributed by atoms with Crippen molar-refractivity contribution >= 4 is 15.9 Å². The van der Waals surface area contributed by atoms with Gasteiger partial charge in [-0.05, 0) is 43.7 Å². The second kappa shape index (κ2) is 5.97. The maximum Gasteiger partial charge on any atom is 0.145 e. The molecular weight excluding hydrogens is 298 g/mol. The molecule has 0 aliphatic rings. The first-order valence-corrected chi connectivity index (χ1v) is 6.39. The van der Waals surface area contributed by atoms with E-state index in [1.807, 2.05) is 25.1 Å². The molecule has 0 spiro atoms. The minimum Gasteiger partial charge on any atom is -0.487 e. The van der Waals surface area contributed by atoms with Crippen molar-refractivity contribution in [3.63, 3.8) is 0 Å². The third-order valence-corrected chi connectivity index (χ3v) is 3.33. The van der Waals surface area contributed by atoms with E-state index in [0.29, 0.717) is 18.8 Å². The number of benzene rings is 1. The number of halogens is 1. The molecule has 0 atom stereocenters. The van der Waals surface area contributed by atoms with Crippen LogP contribution in [0.2, 0.25) is 0 Å². The molecule has 0 bridgehead atoms. The van der Waals surface area contributed by atoms with Crippen molar-refractivity contribution < 1.29 is 9.37 Å². The van der Waals surface area contributed by atoms with Crippen LogP contribution in [0.25, 0.3) is 0 Å². The average molecular weight is 312 g/mol. The first-order chi connectivity index (χ1) is 8.70. The number of hydrogen-bond acceptors (Lipinski definition) is 5. The molecule has 96 valence electrons. The van der Waals surface area contributed by atoms with Crippen LogP contribution in [0.1, 0.15) is 17.0 Å². The van der Waals surface area contributed by atoms with Gasteiger partial charge in [-0.25, -0.2) is 4.63 Å². The van der Waals surface area contributed by atoms with E-state index in [9.17, 15) is 0 Å². The van der Waals surface area contributed by atoms with Crippen molar-refractivity contribution in [3.05, 3.63) is 39.6 Å². The van der Waals surface area contributed by atoms with Crippen LogP contribution in [-0.4, -0.2) is 16.9 Å². The van der Waals surface area contributed by atoms with E-state index >= 15 is 0 Å². The molecule has 0 amide bonds. The van der Waals surface area contributed by atoms with Crippen LogP contribution in [0.5, 0.6) is 5.75 Å². The van der Waals surface area contributed by atoms with Gasteiger partial charge in [0.25, 0.3) is 0 Å². The summed E-state index contributed by atoms with van der Waals surface area (Å²) >= 11 is 3.48. The third kappa shape index (κ3) is 3.08. The fourth-order valence-corrected chi connectivity index (χ4v) is 1.97. The molecule has 0 unspecified atom stereocenters. The van der Waals surface area contributed by atoms with Crippen LogP contribution < -0.4 is 10.5 Å². The quantitative estimate of drug-likeness (QED) is 0.916. The molecule has 18 heavy (non-hydrogen) atoms. The molecule has 0 saturated carbocycles. The molecule has 2 aromatic rings. The summed E-state index contributed by atoms with van der Waals surface area (Å²) in [6.07, 6.45) is 0.808. The van der Waals surface area contributed by atoms with Gasteiger partial charge >= 0.3 is 0 Å². The number of ether oxygens (including phenoxy) is 1. The van der Waals surface area contributed by atoms with Crippen molar-refractivity contribution in [2.45, 2.75) is 20.0 Å². The van der Waals surface area contributed by atoms with E-state index in [1.54, 1.807) is 0 Å². The summed E-state index contributed by atoms with van der Waals surface area (Å²) in [5, 5.41) is 7.47. The Morgan fingerprint density at radius 2 is 2.22 bits per heavy atom. The zero-order valence-electron chi connectivity index (χ0n) is 10.0. The van der Waals surface area contributed by atoms with E-state index in [2.05, 4.69) is 30.9 Å². The predicted octanol–water partition coefficient (Wildman–Crippen LogP) is 2.22. The van der Waals surface area contributed by atoms with Gasteiger partial charge in [-0.15, -0.1) is 0 Å². The van der Waals surface area contributed by atoms with E-state index in [1.165, 1.54) is 0 Å². The topological polar surface area (TPSA) is 74.2 Å². The Morgan fingerprint density at radius 3 is 2.89 bits per heavy atom. The number of hydrogen-bond donors (Lipinski definition) is 1. The molecule has 5 nitrogen and oxygen atoms in total. The normalized spacial score (nSPS) is 10.6. The van der Waals surface area contributed by atoms with Crippen molar-refractivity contribution in [2.24, 2.45) is 5.73 Å². The summed E-state index contributed by atoms with van der Waals surface area (Å²) in [6.45, 7) is 2.78. The third-order valence-electron chi connectivity index (χ3n) is 2.55. The molecule has 0 aliphatic carbocycles. The van der Waals surface area contributed by atoms with Gasteiger partial charge in [0.1, 0.15) is 23.7 Å². The second-order valence-corrected chi connectivity index (χ2v) is 4.73. The van der Waals surface area contributed by atoms with Gasteiger partial charge in [0, 0.05) is 4.47 Å². The molecule has 0 saturated heterocycles. The minimum atomic E-state index is 0.346. The smallest absolute Gasteiger partial charge is 0.145 e. The lowest BCUT2D eigenvalue weighted by Gasteiger charge is -2.08. The summed E-state index contributed by atoms with van der Waals surface area (Å²) in [5.74, 6) is 0.782. The summed E-state index contributed by atoms with van der Waals surface area (Å²) in [6, 6.07) is 5.82. The Labute approximate surface area is 113 Å². The molecule has 0 radical (unpaired) electrons. The Morgan fingerprint density at radius 1 is 1.39 bits per heavy atom. The van der Waals surface area contributed by atoms with Gasteiger partial charge in [0.05, 0.1) is 0 Å². The number of aromatic nitrogens is 2. The lowest BCUT2D eigenvalue weighted by molar-refractivity contribution is 0.270. The van der Waals surface area contributed by atoms with Gasteiger partial charge in [-0.3, -0.25) is 0 Å². The molecule has 0 fully saturated rings. The monoisotopic (exact) mass is 311 g/mol. The highest BCUT2D eigenvalue weighted by Crippen LogP contribution is 2.23. The van der Waals surface area contributed by atoms with Crippen molar-refractivity contribution in [2.75, 3.05) is 6.54 Å². The maximum atomic E-state index is 5.65. The Balaban J connectivity index is 2.05.